The Morgan fingerprint density at radius 3 is 2.94 bits per heavy atom. The summed E-state index contributed by atoms with van der Waals surface area (Å²) in [7, 11) is 1.49. The molecule has 94 valence electrons. The Hall–Kier alpha value is -0.370. The Kier molecular flexibility index (Phi) is 6.18. The van der Waals surface area contributed by atoms with Gasteiger partial charge in [-0.1, -0.05) is 11.6 Å². The first-order chi connectivity index (χ1) is 8.04. The van der Waals surface area contributed by atoms with Crippen LogP contribution < -0.4 is 5.32 Å². The lowest BCUT2D eigenvalue weighted by Gasteiger charge is -2.11. The van der Waals surface area contributed by atoms with Gasteiger partial charge in [0.2, 0.25) is 0 Å². The zero-order valence-electron chi connectivity index (χ0n) is 9.24. The lowest BCUT2D eigenvalue weighted by Crippen LogP contribution is -2.34. The third-order valence-corrected chi connectivity index (χ3v) is 3.61. The molecule has 0 aromatic heterocycles. The molecule has 1 aromatic rings. The number of ether oxygens (including phenoxy) is 1. The Balaban J connectivity index is 2.55. The SMILES string of the molecule is COCC(O)CNC(=O)c1ccc(I)c(Cl)c1. The number of aliphatic hydroxyl groups excluding tert-OH is 1. The van der Waals surface area contributed by atoms with E-state index in [1.807, 2.05) is 0 Å². The van der Waals surface area contributed by atoms with Gasteiger partial charge in [0.15, 0.2) is 0 Å². The summed E-state index contributed by atoms with van der Waals surface area (Å²) in [5.41, 5.74) is 0.472. The van der Waals surface area contributed by atoms with Crippen LogP contribution in [-0.2, 0) is 4.74 Å². The van der Waals surface area contributed by atoms with E-state index in [4.69, 9.17) is 16.3 Å². The highest BCUT2D eigenvalue weighted by Crippen LogP contribution is 2.19. The number of hydrogen-bond acceptors (Lipinski definition) is 3. The van der Waals surface area contributed by atoms with Crippen LogP contribution in [0.15, 0.2) is 18.2 Å². The van der Waals surface area contributed by atoms with E-state index in [-0.39, 0.29) is 19.1 Å². The van der Waals surface area contributed by atoms with E-state index < -0.39 is 6.10 Å². The number of benzene rings is 1. The molecule has 0 saturated carbocycles. The first-order valence-electron chi connectivity index (χ1n) is 4.95. The second-order valence-electron chi connectivity index (χ2n) is 3.45. The van der Waals surface area contributed by atoms with E-state index in [0.717, 1.165) is 3.57 Å². The van der Waals surface area contributed by atoms with Crippen molar-refractivity contribution in [2.24, 2.45) is 0 Å². The van der Waals surface area contributed by atoms with Gasteiger partial charge < -0.3 is 15.2 Å². The summed E-state index contributed by atoms with van der Waals surface area (Å²) in [5.74, 6) is -0.265. The van der Waals surface area contributed by atoms with Crippen LogP contribution in [0.4, 0.5) is 0 Å². The predicted octanol–water partition coefficient (Wildman–Crippen LogP) is 1.68. The second-order valence-corrected chi connectivity index (χ2v) is 5.02. The predicted molar refractivity (Wildman–Crippen MR) is 74.4 cm³/mol. The summed E-state index contributed by atoms with van der Waals surface area (Å²) in [6.07, 6.45) is -0.705. The highest BCUT2D eigenvalue weighted by atomic mass is 127. The molecule has 0 fully saturated rings. The van der Waals surface area contributed by atoms with Gasteiger partial charge in [-0.25, -0.2) is 0 Å². The normalized spacial score (nSPS) is 12.2. The molecule has 2 N–H and O–H groups in total. The molecular weight excluding hydrogens is 356 g/mol. The molecule has 0 spiro atoms. The van der Waals surface area contributed by atoms with Crippen molar-refractivity contribution in [3.63, 3.8) is 0 Å². The maximum atomic E-state index is 11.7. The second kappa shape index (κ2) is 7.15. The monoisotopic (exact) mass is 369 g/mol. The van der Waals surface area contributed by atoms with E-state index >= 15 is 0 Å². The Morgan fingerprint density at radius 1 is 1.65 bits per heavy atom. The van der Waals surface area contributed by atoms with Crippen molar-refractivity contribution in [1.29, 1.82) is 0 Å². The smallest absolute Gasteiger partial charge is 0.251 e. The Bertz CT molecular complexity index is 400. The number of amides is 1. The van der Waals surface area contributed by atoms with Crippen molar-refractivity contribution in [2.45, 2.75) is 6.10 Å². The van der Waals surface area contributed by atoms with Crippen molar-refractivity contribution < 1.29 is 14.6 Å². The van der Waals surface area contributed by atoms with E-state index in [9.17, 15) is 9.90 Å². The average Bonchev–Trinajstić information content (AvgIpc) is 2.30. The molecule has 17 heavy (non-hydrogen) atoms. The lowest BCUT2D eigenvalue weighted by atomic mass is 10.2. The zero-order valence-corrected chi connectivity index (χ0v) is 12.2. The number of methoxy groups -OCH3 is 1. The minimum Gasteiger partial charge on any atom is -0.389 e. The van der Waals surface area contributed by atoms with Gasteiger partial charge in [-0.2, -0.15) is 0 Å². The first kappa shape index (κ1) is 14.7. The van der Waals surface area contributed by atoms with Gasteiger partial charge in [-0.05, 0) is 40.8 Å². The topological polar surface area (TPSA) is 58.6 Å². The molecule has 1 aromatic carbocycles. The summed E-state index contributed by atoms with van der Waals surface area (Å²) in [6.45, 7) is 0.337. The third-order valence-electron chi connectivity index (χ3n) is 2.04. The van der Waals surface area contributed by atoms with Gasteiger partial charge in [0.1, 0.15) is 0 Å². The van der Waals surface area contributed by atoms with E-state index in [2.05, 4.69) is 27.9 Å². The molecule has 6 heteroatoms. The van der Waals surface area contributed by atoms with Crippen LogP contribution in [0.25, 0.3) is 0 Å². The quantitative estimate of drug-likeness (QED) is 0.777. The van der Waals surface area contributed by atoms with Crippen LogP contribution in [0.5, 0.6) is 0 Å². The third kappa shape index (κ3) is 4.79. The summed E-state index contributed by atoms with van der Waals surface area (Å²) in [5, 5.41) is 12.5. The zero-order chi connectivity index (χ0) is 12.8. The number of hydrogen-bond donors (Lipinski definition) is 2. The number of carbonyl (C=O) groups is 1. The van der Waals surface area contributed by atoms with Crippen molar-refractivity contribution >= 4 is 40.1 Å². The summed E-state index contributed by atoms with van der Waals surface area (Å²) in [4.78, 5) is 11.7. The van der Waals surface area contributed by atoms with Gasteiger partial charge in [0, 0.05) is 22.8 Å². The van der Waals surface area contributed by atoms with E-state index in [1.54, 1.807) is 18.2 Å². The number of rotatable bonds is 5. The highest BCUT2D eigenvalue weighted by Gasteiger charge is 2.10. The molecule has 0 aliphatic carbocycles. The van der Waals surface area contributed by atoms with E-state index in [0.29, 0.717) is 10.6 Å². The average molecular weight is 370 g/mol. The number of halogens is 2. The molecule has 0 saturated heterocycles. The molecule has 0 aliphatic heterocycles. The first-order valence-corrected chi connectivity index (χ1v) is 6.40. The molecular formula is C11H13ClINO3. The van der Waals surface area contributed by atoms with Crippen LogP contribution in [0.2, 0.25) is 5.02 Å². The fourth-order valence-corrected chi connectivity index (χ4v) is 1.72. The molecule has 1 atom stereocenters. The Labute approximate surface area is 118 Å². The summed E-state index contributed by atoms with van der Waals surface area (Å²) >= 11 is 8.00. The number of carbonyl (C=O) groups excluding carboxylic acids is 1. The number of aliphatic hydroxyl groups is 1. The summed E-state index contributed by atoms with van der Waals surface area (Å²) in [6, 6.07) is 5.05. The standard InChI is InChI=1S/C11H13ClINO3/c1-17-6-8(15)5-14-11(16)7-2-3-10(13)9(12)4-7/h2-4,8,15H,5-6H2,1H3,(H,14,16). The minimum absolute atomic E-state index is 0.149. The van der Waals surface area contributed by atoms with Gasteiger partial charge in [-0.3, -0.25) is 4.79 Å². The fraction of sp³-hybridized carbons (Fsp3) is 0.364. The molecule has 0 bridgehead atoms. The molecule has 1 rings (SSSR count). The van der Waals surface area contributed by atoms with Gasteiger partial charge in [0.25, 0.3) is 5.91 Å². The maximum absolute atomic E-state index is 11.7. The number of nitrogens with one attached hydrogen (secondary N) is 1. The summed E-state index contributed by atoms with van der Waals surface area (Å²) < 4.78 is 5.64. The molecule has 0 heterocycles. The van der Waals surface area contributed by atoms with Crippen LogP contribution in [-0.4, -0.2) is 37.4 Å². The minimum atomic E-state index is -0.705. The van der Waals surface area contributed by atoms with Crippen molar-refractivity contribution in [1.82, 2.24) is 5.32 Å². The van der Waals surface area contributed by atoms with Crippen LogP contribution in [0.1, 0.15) is 10.4 Å². The van der Waals surface area contributed by atoms with Gasteiger partial charge in [-0.15, -0.1) is 0 Å². The molecule has 0 radical (unpaired) electrons. The van der Waals surface area contributed by atoms with Crippen molar-refractivity contribution in [3.05, 3.63) is 32.4 Å². The van der Waals surface area contributed by atoms with Crippen LogP contribution in [0.3, 0.4) is 0 Å². The van der Waals surface area contributed by atoms with Crippen LogP contribution in [0, 0.1) is 3.57 Å². The Morgan fingerprint density at radius 2 is 2.35 bits per heavy atom. The molecule has 1 amide bonds. The van der Waals surface area contributed by atoms with Crippen molar-refractivity contribution in [3.8, 4) is 0 Å². The highest BCUT2D eigenvalue weighted by molar-refractivity contribution is 14.1. The van der Waals surface area contributed by atoms with Crippen LogP contribution >= 0.6 is 34.2 Å². The maximum Gasteiger partial charge on any atom is 0.251 e. The van der Waals surface area contributed by atoms with Crippen molar-refractivity contribution in [2.75, 3.05) is 20.3 Å². The molecule has 1 unspecified atom stereocenters. The van der Waals surface area contributed by atoms with E-state index in [1.165, 1.54) is 7.11 Å². The van der Waals surface area contributed by atoms with Gasteiger partial charge in [0.05, 0.1) is 17.7 Å². The largest absolute Gasteiger partial charge is 0.389 e. The lowest BCUT2D eigenvalue weighted by molar-refractivity contribution is 0.0610. The molecule has 4 nitrogen and oxygen atoms in total. The fourth-order valence-electron chi connectivity index (χ4n) is 1.20. The van der Waals surface area contributed by atoms with Gasteiger partial charge >= 0.3 is 0 Å². The molecule has 0 aliphatic rings.